The van der Waals surface area contributed by atoms with Crippen LogP contribution in [0.1, 0.15) is 265 Å². The number of hydrogen-bond acceptors (Lipinski definition) is 6. The molecule has 0 radical (unpaired) electrons. The van der Waals surface area contributed by atoms with Crippen LogP contribution in [0.2, 0.25) is 0 Å². The molecule has 0 unspecified atom stereocenters. The molecule has 0 aromatic carbocycles. The highest BCUT2D eigenvalue weighted by molar-refractivity contribution is 5.71. The molecule has 0 aliphatic rings. The average molecular weight is 855 g/mol. The highest BCUT2D eigenvalue weighted by atomic mass is 16.6. The summed E-state index contributed by atoms with van der Waals surface area (Å²) < 4.78 is 16.8. The maximum absolute atomic E-state index is 12.8. The van der Waals surface area contributed by atoms with Gasteiger partial charge in [-0.05, 0) is 57.8 Å². The van der Waals surface area contributed by atoms with Gasteiger partial charge in [-0.1, -0.05) is 236 Å². The number of carbonyl (C=O) groups is 3. The van der Waals surface area contributed by atoms with Gasteiger partial charge < -0.3 is 14.2 Å². The van der Waals surface area contributed by atoms with Crippen LogP contribution in [0.5, 0.6) is 0 Å². The second-order valence-electron chi connectivity index (χ2n) is 17.4. The van der Waals surface area contributed by atoms with E-state index in [9.17, 15) is 14.4 Å². The molecule has 6 nitrogen and oxygen atoms in total. The molecule has 0 saturated carbocycles. The summed E-state index contributed by atoms with van der Waals surface area (Å²) in [7, 11) is 0. The van der Waals surface area contributed by atoms with Gasteiger partial charge in [0.15, 0.2) is 6.10 Å². The van der Waals surface area contributed by atoms with E-state index in [1.54, 1.807) is 0 Å². The smallest absolute Gasteiger partial charge is 0.306 e. The van der Waals surface area contributed by atoms with Crippen molar-refractivity contribution < 1.29 is 28.6 Å². The minimum Gasteiger partial charge on any atom is -0.462 e. The van der Waals surface area contributed by atoms with Crippen molar-refractivity contribution in [3.8, 4) is 0 Å². The molecule has 6 heteroatoms. The molecule has 61 heavy (non-hydrogen) atoms. The molecule has 0 bridgehead atoms. The van der Waals surface area contributed by atoms with Gasteiger partial charge >= 0.3 is 17.9 Å². The van der Waals surface area contributed by atoms with Crippen molar-refractivity contribution in [3.05, 3.63) is 48.6 Å². The molecule has 0 aromatic heterocycles. The Morgan fingerprint density at radius 1 is 0.344 bits per heavy atom. The molecular formula is C55H98O6. The molecule has 0 N–H and O–H groups in total. The summed E-state index contributed by atoms with van der Waals surface area (Å²) in [5, 5.41) is 0. The van der Waals surface area contributed by atoms with Gasteiger partial charge in [0.1, 0.15) is 13.2 Å². The van der Waals surface area contributed by atoms with Crippen LogP contribution in [-0.4, -0.2) is 37.2 Å². The Kier molecular flexibility index (Phi) is 47.9. The van der Waals surface area contributed by atoms with E-state index >= 15 is 0 Å². The van der Waals surface area contributed by atoms with Crippen molar-refractivity contribution in [1.82, 2.24) is 0 Å². The van der Waals surface area contributed by atoms with Crippen LogP contribution in [0.25, 0.3) is 0 Å². The molecular weight excluding hydrogens is 757 g/mol. The third-order valence-electron chi connectivity index (χ3n) is 11.3. The van der Waals surface area contributed by atoms with Gasteiger partial charge in [-0.3, -0.25) is 14.4 Å². The summed E-state index contributed by atoms with van der Waals surface area (Å²) >= 11 is 0. The van der Waals surface area contributed by atoms with Gasteiger partial charge in [0, 0.05) is 19.3 Å². The lowest BCUT2D eigenvalue weighted by atomic mass is 10.0. The van der Waals surface area contributed by atoms with E-state index in [1.165, 1.54) is 128 Å². The lowest BCUT2D eigenvalue weighted by Crippen LogP contribution is -2.30. The Morgan fingerprint density at radius 3 is 1.00 bits per heavy atom. The number of rotatable bonds is 47. The number of ether oxygens (including phenoxy) is 3. The monoisotopic (exact) mass is 855 g/mol. The van der Waals surface area contributed by atoms with E-state index in [4.69, 9.17) is 14.2 Å². The Morgan fingerprint density at radius 2 is 0.639 bits per heavy atom. The maximum atomic E-state index is 12.8. The SMILES string of the molecule is CC/C=C\C/C=C\C/C=C\C/C=C\CCCCCCC(=O)OC[C@H](COC(=O)CCCCCCCCCCCCCCCCC)OC(=O)CCCCCCCCCCCCC. The Bertz CT molecular complexity index is 1070. The standard InChI is InChI=1S/C55H98O6/c1-4-7-10-13-16-19-22-24-26-27-29-31-34-36-39-42-45-48-54(57)60-51-52(61-55(58)49-46-43-40-37-32-21-18-15-12-9-6-3)50-59-53(56)47-44-41-38-35-33-30-28-25-23-20-17-14-11-8-5-2/h7,10,16,19,24,26,29,31,52H,4-6,8-9,11-15,17-18,20-23,25,27-28,30,32-51H2,1-3H3/b10-7-,19-16-,26-24-,31-29-/t52-/m0/s1. The molecule has 0 rings (SSSR count). The van der Waals surface area contributed by atoms with Gasteiger partial charge in [0.05, 0.1) is 0 Å². The molecule has 354 valence electrons. The van der Waals surface area contributed by atoms with E-state index in [-0.39, 0.29) is 31.1 Å². The first-order chi connectivity index (χ1) is 30.0. The first-order valence-corrected chi connectivity index (χ1v) is 26.1. The van der Waals surface area contributed by atoms with Gasteiger partial charge in [-0.15, -0.1) is 0 Å². The maximum Gasteiger partial charge on any atom is 0.306 e. The third-order valence-corrected chi connectivity index (χ3v) is 11.3. The molecule has 0 fully saturated rings. The molecule has 1 atom stereocenters. The minimum atomic E-state index is -0.778. The van der Waals surface area contributed by atoms with Crippen LogP contribution < -0.4 is 0 Å². The zero-order valence-electron chi connectivity index (χ0n) is 40.4. The lowest BCUT2D eigenvalue weighted by Gasteiger charge is -2.18. The Hall–Kier alpha value is -2.63. The second kappa shape index (κ2) is 50.0. The van der Waals surface area contributed by atoms with Crippen molar-refractivity contribution in [1.29, 1.82) is 0 Å². The number of esters is 3. The predicted molar refractivity (Wildman–Crippen MR) is 261 cm³/mol. The van der Waals surface area contributed by atoms with Crippen molar-refractivity contribution in [2.24, 2.45) is 0 Å². The number of allylic oxidation sites excluding steroid dienone is 8. The third kappa shape index (κ3) is 48.3. The molecule has 0 aliphatic carbocycles. The largest absolute Gasteiger partial charge is 0.462 e. The van der Waals surface area contributed by atoms with Gasteiger partial charge in [0.25, 0.3) is 0 Å². The summed E-state index contributed by atoms with van der Waals surface area (Å²) in [6.07, 6.45) is 59.5. The summed E-state index contributed by atoms with van der Waals surface area (Å²) in [6, 6.07) is 0. The van der Waals surface area contributed by atoms with Crippen LogP contribution in [-0.2, 0) is 28.6 Å². The number of unbranched alkanes of at least 4 members (excludes halogenated alkanes) is 28. The predicted octanol–water partition coefficient (Wildman–Crippen LogP) is 17.1. The fourth-order valence-corrected chi connectivity index (χ4v) is 7.43. The Balaban J connectivity index is 4.36. The van der Waals surface area contributed by atoms with Crippen LogP contribution >= 0.6 is 0 Å². The molecule has 0 heterocycles. The van der Waals surface area contributed by atoms with Gasteiger partial charge in [-0.2, -0.15) is 0 Å². The summed E-state index contributed by atoms with van der Waals surface area (Å²) in [5.41, 5.74) is 0. The second-order valence-corrected chi connectivity index (χ2v) is 17.4. The van der Waals surface area contributed by atoms with Crippen LogP contribution in [0, 0.1) is 0 Å². The number of hydrogen-bond donors (Lipinski definition) is 0. The summed E-state index contributed by atoms with van der Waals surface area (Å²) in [5.74, 6) is -0.893. The van der Waals surface area contributed by atoms with Crippen LogP contribution in [0.3, 0.4) is 0 Å². The van der Waals surface area contributed by atoms with E-state index in [0.29, 0.717) is 19.3 Å². The first-order valence-electron chi connectivity index (χ1n) is 26.1. The summed E-state index contributed by atoms with van der Waals surface area (Å²) in [6.45, 7) is 6.52. The zero-order valence-corrected chi connectivity index (χ0v) is 40.4. The average Bonchev–Trinajstić information content (AvgIpc) is 3.26. The van der Waals surface area contributed by atoms with Crippen molar-refractivity contribution in [2.75, 3.05) is 13.2 Å². The van der Waals surface area contributed by atoms with Gasteiger partial charge in [-0.25, -0.2) is 0 Å². The minimum absolute atomic E-state index is 0.0772. The molecule has 0 spiro atoms. The fraction of sp³-hybridized carbons (Fsp3) is 0.800. The lowest BCUT2D eigenvalue weighted by molar-refractivity contribution is -0.167. The zero-order chi connectivity index (χ0) is 44.4. The van der Waals surface area contributed by atoms with E-state index < -0.39 is 6.10 Å². The normalized spacial score (nSPS) is 12.4. The number of carbonyl (C=O) groups excluding carboxylic acids is 3. The van der Waals surface area contributed by atoms with Crippen LogP contribution in [0.15, 0.2) is 48.6 Å². The topological polar surface area (TPSA) is 78.9 Å². The highest BCUT2D eigenvalue weighted by Crippen LogP contribution is 2.16. The van der Waals surface area contributed by atoms with E-state index in [1.807, 2.05) is 0 Å². The molecule has 0 aromatic rings. The molecule has 0 aliphatic heterocycles. The van der Waals surface area contributed by atoms with Gasteiger partial charge in [0.2, 0.25) is 0 Å². The van der Waals surface area contributed by atoms with Crippen molar-refractivity contribution >= 4 is 17.9 Å². The van der Waals surface area contributed by atoms with E-state index in [2.05, 4.69) is 69.4 Å². The fourth-order valence-electron chi connectivity index (χ4n) is 7.43. The van der Waals surface area contributed by atoms with Crippen molar-refractivity contribution in [3.63, 3.8) is 0 Å². The molecule has 0 saturated heterocycles. The van der Waals surface area contributed by atoms with Crippen molar-refractivity contribution in [2.45, 2.75) is 271 Å². The molecule has 0 amide bonds. The first kappa shape index (κ1) is 58.4. The van der Waals surface area contributed by atoms with Crippen LogP contribution in [0.4, 0.5) is 0 Å². The Labute approximate surface area is 378 Å². The highest BCUT2D eigenvalue weighted by Gasteiger charge is 2.19. The van der Waals surface area contributed by atoms with E-state index in [0.717, 1.165) is 96.3 Å². The quantitative estimate of drug-likeness (QED) is 0.0263. The summed E-state index contributed by atoms with van der Waals surface area (Å²) in [4.78, 5) is 37.9.